The van der Waals surface area contributed by atoms with Gasteiger partial charge >= 0.3 is 0 Å². The number of aryl methyl sites for hydroxylation is 1. The van der Waals surface area contributed by atoms with Crippen molar-refractivity contribution in [1.82, 2.24) is 19.0 Å². The van der Waals surface area contributed by atoms with Crippen LogP contribution in [0.5, 0.6) is 0 Å². The topological polar surface area (TPSA) is 87.5 Å². The molecule has 32 heavy (non-hydrogen) atoms. The average molecular weight is 462 g/mol. The predicted octanol–water partition coefficient (Wildman–Crippen LogP) is 3.35. The molecule has 0 aliphatic carbocycles. The van der Waals surface area contributed by atoms with Gasteiger partial charge in [-0.3, -0.25) is 9.48 Å². The second kappa shape index (κ2) is 10.6. The fourth-order valence-electron chi connectivity index (χ4n) is 4.10. The molecule has 1 amide bonds. The third-order valence-electron chi connectivity index (χ3n) is 6.23. The van der Waals surface area contributed by atoms with E-state index in [0.717, 1.165) is 51.0 Å². The summed E-state index contributed by atoms with van der Waals surface area (Å²) in [4.78, 5) is 15.4. The van der Waals surface area contributed by atoms with Crippen molar-refractivity contribution in [3.8, 4) is 0 Å². The monoisotopic (exact) mass is 461 g/mol. The number of carbonyl (C=O) groups is 1. The van der Waals surface area contributed by atoms with E-state index < -0.39 is 10.0 Å². The number of amides is 1. The number of piperidine rings is 1. The van der Waals surface area contributed by atoms with Gasteiger partial charge in [-0.2, -0.15) is 9.40 Å². The molecule has 1 unspecified atom stereocenters. The van der Waals surface area contributed by atoms with Crippen LogP contribution in [-0.2, 0) is 16.6 Å². The van der Waals surface area contributed by atoms with Crippen molar-refractivity contribution in [2.24, 2.45) is 0 Å². The maximum absolute atomic E-state index is 13.2. The number of benzene rings is 1. The van der Waals surface area contributed by atoms with Crippen molar-refractivity contribution >= 4 is 21.6 Å². The lowest BCUT2D eigenvalue weighted by molar-refractivity contribution is 0.102. The Morgan fingerprint density at radius 1 is 1.25 bits per heavy atom. The minimum atomic E-state index is -3.64. The highest BCUT2D eigenvalue weighted by molar-refractivity contribution is 7.89. The van der Waals surface area contributed by atoms with Crippen molar-refractivity contribution in [2.75, 3.05) is 31.5 Å². The van der Waals surface area contributed by atoms with E-state index in [1.807, 2.05) is 13.8 Å². The molecule has 1 aromatic heterocycles. The Balaban J connectivity index is 1.74. The van der Waals surface area contributed by atoms with Crippen LogP contribution in [0.2, 0.25) is 0 Å². The first-order valence-electron chi connectivity index (χ1n) is 11.4. The number of carbonyl (C=O) groups excluding carboxylic acids is 1. The quantitative estimate of drug-likeness (QED) is 0.619. The van der Waals surface area contributed by atoms with E-state index in [1.54, 1.807) is 33.5 Å². The van der Waals surface area contributed by atoms with Crippen LogP contribution in [-0.4, -0.2) is 65.5 Å². The van der Waals surface area contributed by atoms with Crippen LogP contribution in [0.4, 0.5) is 5.69 Å². The summed E-state index contributed by atoms with van der Waals surface area (Å²) >= 11 is 0. The first kappa shape index (κ1) is 24.4. The second-order valence-electron chi connectivity index (χ2n) is 8.41. The van der Waals surface area contributed by atoms with Crippen LogP contribution in [0.25, 0.3) is 0 Å². The van der Waals surface area contributed by atoms with Crippen molar-refractivity contribution in [1.29, 1.82) is 0 Å². The van der Waals surface area contributed by atoms with Gasteiger partial charge in [0.25, 0.3) is 5.91 Å². The molecule has 2 aromatic rings. The number of hydrogen-bond donors (Lipinski definition) is 1. The summed E-state index contributed by atoms with van der Waals surface area (Å²) in [6.45, 7) is 12.1. The second-order valence-corrected chi connectivity index (χ2v) is 10.3. The third kappa shape index (κ3) is 5.57. The highest BCUT2D eigenvalue weighted by Crippen LogP contribution is 2.26. The minimum Gasteiger partial charge on any atom is -0.319 e. The van der Waals surface area contributed by atoms with Gasteiger partial charge in [0.05, 0.1) is 23.3 Å². The molecule has 3 rings (SSSR count). The zero-order valence-corrected chi connectivity index (χ0v) is 20.4. The first-order valence-corrected chi connectivity index (χ1v) is 12.9. The van der Waals surface area contributed by atoms with Gasteiger partial charge in [0.2, 0.25) is 10.0 Å². The fraction of sp³-hybridized carbons (Fsp3) is 0.565. The Morgan fingerprint density at radius 2 is 2.00 bits per heavy atom. The molecule has 0 saturated carbocycles. The standard InChI is InChI=1S/C23H35N5O3S/c1-5-26(6-2)13-14-27-17-20(16-24-27)25-23(29)22-15-21(11-10-18(22)3)32(30,31)28-12-8-7-9-19(28)4/h10-11,15-17,19H,5-9,12-14H2,1-4H3,(H,25,29). The van der Waals surface area contributed by atoms with Gasteiger partial charge in [0.1, 0.15) is 0 Å². The lowest BCUT2D eigenvalue weighted by Gasteiger charge is -2.32. The molecule has 1 fully saturated rings. The number of sulfonamides is 1. The summed E-state index contributed by atoms with van der Waals surface area (Å²) < 4.78 is 29.8. The van der Waals surface area contributed by atoms with E-state index in [2.05, 4.69) is 29.2 Å². The molecule has 0 spiro atoms. The number of aromatic nitrogens is 2. The van der Waals surface area contributed by atoms with Crippen LogP contribution < -0.4 is 5.32 Å². The molecule has 176 valence electrons. The van der Waals surface area contributed by atoms with E-state index in [9.17, 15) is 13.2 Å². The zero-order chi connectivity index (χ0) is 23.3. The molecular weight excluding hydrogens is 426 g/mol. The molecule has 1 aliphatic rings. The van der Waals surface area contributed by atoms with Crippen LogP contribution in [0.1, 0.15) is 56.0 Å². The molecule has 1 saturated heterocycles. The highest BCUT2D eigenvalue weighted by atomic mass is 32.2. The Morgan fingerprint density at radius 3 is 2.69 bits per heavy atom. The normalized spacial score (nSPS) is 17.6. The van der Waals surface area contributed by atoms with Crippen LogP contribution in [0.15, 0.2) is 35.5 Å². The summed E-state index contributed by atoms with van der Waals surface area (Å²) in [6.07, 6.45) is 6.17. The lowest BCUT2D eigenvalue weighted by atomic mass is 10.1. The van der Waals surface area contributed by atoms with Crippen molar-refractivity contribution in [3.63, 3.8) is 0 Å². The smallest absolute Gasteiger partial charge is 0.256 e. The van der Waals surface area contributed by atoms with E-state index in [0.29, 0.717) is 17.8 Å². The van der Waals surface area contributed by atoms with E-state index in [-0.39, 0.29) is 16.8 Å². The van der Waals surface area contributed by atoms with Gasteiger partial charge in [-0.25, -0.2) is 8.42 Å². The van der Waals surface area contributed by atoms with E-state index in [4.69, 9.17) is 0 Å². The lowest BCUT2D eigenvalue weighted by Crippen LogP contribution is -2.42. The van der Waals surface area contributed by atoms with Crippen molar-refractivity contribution in [2.45, 2.75) is 64.4 Å². The largest absolute Gasteiger partial charge is 0.319 e. The van der Waals surface area contributed by atoms with Gasteiger partial charge in [0.15, 0.2) is 0 Å². The van der Waals surface area contributed by atoms with Gasteiger partial charge < -0.3 is 10.2 Å². The number of likely N-dealkylation sites (N-methyl/N-ethyl adjacent to an activating group) is 1. The van der Waals surface area contributed by atoms with Crippen LogP contribution in [0.3, 0.4) is 0 Å². The van der Waals surface area contributed by atoms with Crippen molar-refractivity contribution < 1.29 is 13.2 Å². The number of hydrogen-bond acceptors (Lipinski definition) is 5. The Hall–Kier alpha value is -2.23. The third-order valence-corrected chi connectivity index (χ3v) is 8.24. The Labute approximate surface area is 191 Å². The Kier molecular flexibility index (Phi) is 8.08. The Bertz CT molecular complexity index is 1030. The number of rotatable bonds is 9. The molecule has 2 heterocycles. The number of nitrogens with one attached hydrogen (secondary N) is 1. The summed E-state index contributed by atoms with van der Waals surface area (Å²) in [5.41, 5.74) is 1.67. The number of anilines is 1. The van der Waals surface area contributed by atoms with Gasteiger partial charge in [0, 0.05) is 30.9 Å². The van der Waals surface area contributed by atoms with E-state index >= 15 is 0 Å². The maximum atomic E-state index is 13.2. The summed E-state index contributed by atoms with van der Waals surface area (Å²) in [7, 11) is -3.64. The summed E-state index contributed by atoms with van der Waals surface area (Å²) in [5.74, 6) is -0.338. The predicted molar refractivity (Wildman–Crippen MR) is 126 cm³/mol. The SMILES string of the molecule is CCN(CC)CCn1cc(NC(=O)c2cc(S(=O)(=O)N3CCCCC3C)ccc2C)cn1. The highest BCUT2D eigenvalue weighted by Gasteiger charge is 2.31. The minimum absolute atomic E-state index is 0.0329. The molecule has 9 heteroatoms. The summed E-state index contributed by atoms with van der Waals surface area (Å²) in [6, 6.07) is 4.75. The molecule has 8 nitrogen and oxygen atoms in total. The molecule has 0 bridgehead atoms. The molecule has 1 aromatic carbocycles. The molecule has 0 radical (unpaired) electrons. The van der Waals surface area contributed by atoms with E-state index in [1.165, 1.54) is 6.07 Å². The average Bonchev–Trinajstić information content (AvgIpc) is 3.22. The van der Waals surface area contributed by atoms with Gasteiger partial charge in [-0.15, -0.1) is 0 Å². The summed E-state index contributed by atoms with van der Waals surface area (Å²) in [5, 5.41) is 7.18. The zero-order valence-electron chi connectivity index (χ0n) is 19.5. The molecule has 1 aliphatic heterocycles. The molecular formula is C23H35N5O3S. The molecule has 1 N–H and O–H groups in total. The van der Waals surface area contributed by atoms with Gasteiger partial charge in [-0.1, -0.05) is 26.3 Å². The van der Waals surface area contributed by atoms with Crippen LogP contribution in [0, 0.1) is 6.92 Å². The van der Waals surface area contributed by atoms with Crippen molar-refractivity contribution in [3.05, 3.63) is 41.7 Å². The maximum Gasteiger partial charge on any atom is 0.256 e. The first-order chi connectivity index (χ1) is 15.3. The number of nitrogens with zero attached hydrogens (tertiary/aromatic N) is 4. The fourth-order valence-corrected chi connectivity index (χ4v) is 5.83. The van der Waals surface area contributed by atoms with Gasteiger partial charge in [-0.05, 0) is 57.5 Å². The van der Waals surface area contributed by atoms with Crippen LogP contribution >= 0.6 is 0 Å². The molecule has 1 atom stereocenters.